The van der Waals surface area contributed by atoms with Gasteiger partial charge in [0.25, 0.3) is 0 Å². The van der Waals surface area contributed by atoms with Crippen LogP contribution in [0.4, 0.5) is 9.93 Å². The van der Waals surface area contributed by atoms with Crippen LogP contribution in [-0.2, 0) is 6.54 Å². The molecular weight excluding hydrogens is 384 g/mol. The molecule has 2 amide bonds. The van der Waals surface area contributed by atoms with Crippen LogP contribution in [-0.4, -0.2) is 72.2 Å². The average Bonchev–Trinajstić information content (AvgIpc) is 3.18. The molecule has 2 aliphatic heterocycles. The number of piperazine rings is 1. The first kappa shape index (κ1) is 21.0. The summed E-state index contributed by atoms with van der Waals surface area (Å²) < 4.78 is 0. The largest absolute Gasteiger partial charge is 0.324 e. The van der Waals surface area contributed by atoms with E-state index in [0.29, 0.717) is 12.1 Å². The summed E-state index contributed by atoms with van der Waals surface area (Å²) in [5, 5.41) is 10.7. The SMILES string of the molecule is CC1CCC(N(C(=O)Nc2ncc(CN3CCNCC3)s2)C2CCNCC2)CC1. The van der Waals surface area contributed by atoms with E-state index in [-0.39, 0.29) is 6.03 Å². The third-order valence-electron chi connectivity index (χ3n) is 6.67. The van der Waals surface area contributed by atoms with E-state index in [1.165, 1.54) is 17.7 Å². The van der Waals surface area contributed by atoms with E-state index in [9.17, 15) is 4.79 Å². The number of amides is 2. The van der Waals surface area contributed by atoms with Crippen LogP contribution in [0.2, 0.25) is 0 Å². The van der Waals surface area contributed by atoms with Crippen LogP contribution in [0.1, 0.15) is 50.3 Å². The molecule has 3 heterocycles. The lowest BCUT2D eigenvalue weighted by atomic mass is 9.85. The van der Waals surface area contributed by atoms with E-state index in [4.69, 9.17) is 0 Å². The molecule has 29 heavy (non-hydrogen) atoms. The summed E-state index contributed by atoms with van der Waals surface area (Å²) >= 11 is 1.62. The normalized spacial score (nSPS) is 26.9. The minimum atomic E-state index is 0.0551. The molecule has 0 radical (unpaired) electrons. The number of rotatable bonds is 5. The molecule has 3 fully saturated rings. The number of hydrogen-bond donors (Lipinski definition) is 3. The molecule has 8 heteroatoms. The van der Waals surface area contributed by atoms with Crippen molar-refractivity contribution in [3.63, 3.8) is 0 Å². The predicted molar refractivity (Wildman–Crippen MR) is 118 cm³/mol. The molecule has 0 aromatic carbocycles. The topological polar surface area (TPSA) is 72.5 Å². The van der Waals surface area contributed by atoms with E-state index in [1.54, 1.807) is 11.3 Å². The van der Waals surface area contributed by atoms with Gasteiger partial charge in [-0.3, -0.25) is 10.2 Å². The maximum atomic E-state index is 13.3. The molecule has 1 aromatic heterocycles. The van der Waals surface area contributed by atoms with Gasteiger partial charge in [0.2, 0.25) is 0 Å². The van der Waals surface area contributed by atoms with Crippen molar-refractivity contribution < 1.29 is 4.79 Å². The number of nitrogens with zero attached hydrogens (tertiary/aromatic N) is 3. The smallest absolute Gasteiger partial charge is 0.318 e. The van der Waals surface area contributed by atoms with E-state index < -0.39 is 0 Å². The molecule has 1 aliphatic carbocycles. The number of nitrogens with one attached hydrogen (secondary N) is 3. The first-order chi connectivity index (χ1) is 14.2. The van der Waals surface area contributed by atoms with Gasteiger partial charge in [0.1, 0.15) is 0 Å². The fourth-order valence-corrected chi connectivity index (χ4v) is 5.76. The van der Waals surface area contributed by atoms with Gasteiger partial charge in [-0.15, -0.1) is 11.3 Å². The maximum absolute atomic E-state index is 13.3. The molecular formula is C21H36N6OS. The number of urea groups is 1. The van der Waals surface area contributed by atoms with Crippen LogP contribution in [0.3, 0.4) is 0 Å². The molecule has 162 valence electrons. The first-order valence-corrected chi connectivity index (χ1v) is 12.2. The van der Waals surface area contributed by atoms with E-state index in [2.05, 4.69) is 37.7 Å². The van der Waals surface area contributed by atoms with Crippen LogP contribution in [0, 0.1) is 5.92 Å². The van der Waals surface area contributed by atoms with E-state index in [1.807, 2.05) is 6.20 Å². The Hall–Kier alpha value is -1.22. The maximum Gasteiger partial charge on any atom is 0.324 e. The second-order valence-electron chi connectivity index (χ2n) is 8.89. The Morgan fingerprint density at radius 2 is 1.76 bits per heavy atom. The lowest BCUT2D eigenvalue weighted by Gasteiger charge is -2.42. The molecule has 7 nitrogen and oxygen atoms in total. The molecule has 0 unspecified atom stereocenters. The number of thiazole rings is 1. The van der Waals surface area contributed by atoms with Crippen molar-refractivity contribution in [1.82, 2.24) is 25.4 Å². The second kappa shape index (κ2) is 10.2. The van der Waals surface area contributed by atoms with Gasteiger partial charge in [-0.1, -0.05) is 6.92 Å². The predicted octanol–water partition coefficient (Wildman–Crippen LogP) is 2.71. The zero-order valence-electron chi connectivity index (χ0n) is 17.7. The molecule has 1 saturated carbocycles. The monoisotopic (exact) mass is 420 g/mol. The van der Waals surface area contributed by atoms with Crippen molar-refractivity contribution in [3.05, 3.63) is 11.1 Å². The quantitative estimate of drug-likeness (QED) is 0.683. The molecule has 0 spiro atoms. The highest BCUT2D eigenvalue weighted by atomic mass is 32.1. The standard InChI is InChI=1S/C21H36N6OS/c1-16-2-4-17(5-3-16)27(18-6-8-22-9-7-18)21(28)25-20-24-14-19(29-20)15-26-12-10-23-11-13-26/h14,16-18,22-23H,2-13,15H2,1H3,(H,24,25,28). The van der Waals surface area contributed by atoms with Crippen molar-refractivity contribution in [1.29, 1.82) is 0 Å². The highest BCUT2D eigenvalue weighted by Crippen LogP contribution is 2.31. The fraction of sp³-hybridized carbons (Fsp3) is 0.810. The van der Waals surface area contributed by atoms with Gasteiger partial charge in [-0.2, -0.15) is 0 Å². The number of piperidine rings is 1. The zero-order valence-corrected chi connectivity index (χ0v) is 18.5. The van der Waals surface area contributed by atoms with Crippen molar-refractivity contribution in [2.45, 2.75) is 64.1 Å². The molecule has 0 bridgehead atoms. The second-order valence-corrected chi connectivity index (χ2v) is 10.0. The van der Waals surface area contributed by atoms with Gasteiger partial charge in [0, 0.05) is 55.9 Å². The Balaban J connectivity index is 1.39. The molecule has 1 aromatic rings. The van der Waals surface area contributed by atoms with Gasteiger partial charge >= 0.3 is 6.03 Å². The Morgan fingerprint density at radius 1 is 1.10 bits per heavy atom. The Kier molecular flexibility index (Phi) is 7.39. The fourth-order valence-electron chi connectivity index (χ4n) is 4.92. The van der Waals surface area contributed by atoms with Gasteiger partial charge in [0.15, 0.2) is 5.13 Å². The summed E-state index contributed by atoms with van der Waals surface area (Å²) in [5.74, 6) is 0.788. The number of hydrogen-bond acceptors (Lipinski definition) is 6. The van der Waals surface area contributed by atoms with Crippen LogP contribution in [0.15, 0.2) is 6.20 Å². The summed E-state index contributed by atoms with van der Waals surface area (Å²) in [4.78, 5) is 23.7. The van der Waals surface area contributed by atoms with Crippen LogP contribution in [0.25, 0.3) is 0 Å². The Bertz CT molecular complexity index is 647. The van der Waals surface area contributed by atoms with E-state index in [0.717, 1.165) is 82.5 Å². The number of carbonyl (C=O) groups excluding carboxylic acids is 1. The summed E-state index contributed by atoms with van der Waals surface area (Å²) in [6.07, 6.45) is 8.74. The average molecular weight is 421 g/mol. The minimum absolute atomic E-state index is 0.0551. The molecule has 3 N–H and O–H groups in total. The first-order valence-electron chi connectivity index (χ1n) is 11.4. The van der Waals surface area contributed by atoms with Gasteiger partial charge in [-0.05, 0) is 57.5 Å². The third kappa shape index (κ3) is 5.69. The minimum Gasteiger partial charge on any atom is -0.318 e. The highest BCUT2D eigenvalue weighted by Gasteiger charge is 2.34. The van der Waals surface area contributed by atoms with Gasteiger partial charge in [0.05, 0.1) is 0 Å². The molecule has 0 atom stereocenters. The van der Waals surface area contributed by atoms with Gasteiger partial charge in [-0.25, -0.2) is 9.78 Å². The summed E-state index contributed by atoms with van der Waals surface area (Å²) in [7, 11) is 0. The van der Waals surface area contributed by atoms with Gasteiger partial charge < -0.3 is 15.5 Å². The van der Waals surface area contributed by atoms with Crippen molar-refractivity contribution in [2.75, 3.05) is 44.6 Å². The Labute approximate surface area is 178 Å². The molecule has 2 saturated heterocycles. The van der Waals surface area contributed by atoms with Crippen LogP contribution in [0.5, 0.6) is 0 Å². The van der Waals surface area contributed by atoms with Crippen LogP contribution < -0.4 is 16.0 Å². The van der Waals surface area contributed by atoms with Crippen LogP contribution >= 0.6 is 11.3 Å². The lowest BCUT2D eigenvalue weighted by molar-refractivity contribution is 0.108. The number of aromatic nitrogens is 1. The zero-order chi connectivity index (χ0) is 20.1. The summed E-state index contributed by atoms with van der Waals surface area (Å²) in [6.45, 7) is 9.51. The number of anilines is 1. The molecule has 4 rings (SSSR count). The Morgan fingerprint density at radius 3 is 2.48 bits per heavy atom. The summed E-state index contributed by atoms with van der Waals surface area (Å²) in [6, 6.07) is 0.768. The van der Waals surface area contributed by atoms with Crippen molar-refractivity contribution in [3.8, 4) is 0 Å². The third-order valence-corrected chi connectivity index (χ3v) is 7.57. The highest BCUT2D eigenvalue weighted by molar-refractivity contribution is 7.15. The molecule has 3 aliphatic rings. The van der Waals surface area contributed by atoms with Crippen molar-refractivity contribution >= 4 is 22.5 Å². The van der Waals surface area contributed by atoms with Crippen molar-refractivity contribution in [2.24, 2.45) is 5.92 Å². The number of carbonyl (C=O) groups is 1. The summed E-state index contributed by atoms with van der Waals surface area (Å²) in [5.41, 5.74) is 0. The van der Waals surface area contributed by atoms with E-state index >= 15 is 0 Å². The lowest BCUT2D eigenvalue weighted by Crippen LogP contribution is -2.53.